The molecule has 1 amide bonds. The largest absolute Gasteiger partial charge is 0.489 e. The lowest BCUT2D eigenvalue weighted by Crippen LogP contribution is -2.39. The van der Waals surface area contributed by atoms with Crippen LogP contribution in [0.3, 0.4) is 0 Å². The van der Waals surface area contributed by atoms with E-state index < -0.39 is 5.97 Å². The fraction of sp³-hybridized carbons (Fsp3) is 0.391. The fourth-order valence-corrected chi connectivity index (χ4v) is 3.41. The zero-order valence-electron chi connectivity index (χ0n) is 16.2. The topological polar surface area (TPSA) is 64.6 Å². The third kappa shape index (κ3) is 5.84. The van der Waals surface area contributed by atoms with Gasteiger partial charge in [0, 0.05) is 11.6 Å². The SMILES string of the molecule is CC1CCC(NC(=O)COC(=O)c2ccccc2COc2ccccc2)CC1. The van der Waals surface area contributed by atoms with Gasteiger partial charge in [0.2, 0.25) is 0 Å². The highest BCUT2D eigenvalue weighted by atomic mass is 16.5. The van der Waals surface area contributed by atoms with E-state index in [0.29, 0.717) is 5.56 Å². The van der Waals surface area contributed by atoms with Crippen LogP contribution < -0.4 is 10.1 Å². The van der Waals surface area contributed by atoms with Crippen molar-refractivity contribution < 1.29 is 19.1 Å². The average molecular weight is 381 g/mol. The number of ether oxygens (including phenoxy) is 2. The molecule has 0 saturated heterocycles. The number of rotatable bonds is 7. The molecule has 2 aromatic carbocycles. The van der Waals surface area contributed by atoms with Crippen molar-refractivity contribution in [1.29, 1.82) is 0 Å². The molecule has 0 bridgehead atoms. The molecule has 0 radical (unpaired) electrons. The molecule has 1 fully saturated rings. The Labute approximate surface area is 166 Å². The molecule has 3 rings (SSSR count). The predicted octanol–water partition coefficient (Wildman–Crippen LogP) is 4.12. The van der Waals surface area contributed by atoms with Gasteiger partial charge < -0.3 is 14.8 Å². The van der Waals surface area contributed by atoms with Crippen molar-refractivity contribution in [3.63, 3.8) is 0 Å². The second-order valence-corrected chi connectivity index (χ2v) is 7.36. The van der Waals surface area contributed by atoms with Crippen LogP contribution in [0.4, 0.5) is 0 Å². The summed E-state index contributed by atoms with van der Waals surface area (Å²) in [6.07, 6.45) is 4.22. The molecule has 5 heteroatoms. The average Bonchev–Trinajstić information content (AvgIpc) is 2.73. The monoisotopic (exact) mass is 381 g/mol. The van der Waals surface area contributed by atoms with Gasteiger partial charge in [-0.25, -0.2) is 4.79 Å². The Kier molecular flexibility index (Phi) is 7.06. The molecule has 1 saturated carbocycles. The van der Waals surface area contributed by atoms with Crippen LogP contribution in [0.15, 0.2) is 54.6 Å². The Morgan fingerprint density at radius 1 is 0.964 bits per heavy atom. The molecule has 0 unspecified atom stereocenters. The van der Waals surface area contributed by atoms with E-state index in [4.69, 9.17) is 9.47 Å². The number of carbonyl (C=O) groups excluding carboxylic acids is 2. The van der Waals surface area contributed by atoms with E-state index in [-0.39, 0.29) is 25.2 Å². The van der Waals surface area contributed by atoms with Gasteiger partial charge in [-0.1, -0.05) is 43.3 Å². The maximum Gasteiger partial charge on any atom is 0.339 e. The molecule has 148 valence electrons. The summed E-state index contributed by atoms with van der Waals surface area (Å²) in [7, 11) is 0. The smallest absolute Gasteiger partial charge is 0.339 e. The van der Waals surface area contributed by atoms with Gasteiger partial charge in [0.15, 0.2) is 6.61 Å². The molecule has 28 heavy (non-hydrogen) atoms. The molecular weight excluding hydrogens is 354 g/mol. The van der Waals surface area contributed by atoms with E-state index >= 15 is 0 Å². The van der Waals surface area contributed by atoms with Gasteiger partial charge in [-0.05, 0) is 49.8 Å². The predicted molar refractivity (Wildman–Crippen MR) is 107 cm³/mol. The quantitative estimate of drug-likeness (QED) is 0.733. The number of amides is 1. The third-order valence-corrected chi connectivity index (χ3v) is 5.09. The van der Waals surface area contributed by atoms with E-state index in [1.165, 1.54) is 0 Å². The van der Waals surface area contributed by atoms with Crippen molar-refractivity contribution in [2.45, 2.75) is 45.3 Å². The van der Waals surface area contributed by atoms with Crippen LogP contribution in [0, 0.1) is 5.92 Å². The summed E-state index contributed by atoms with van der Waals surface area (Å²) in [5, 5.41) is 2.97. The Bertz CT molecular complexity index is 782. The molecule has 1 N–H and O–H groups in total. The molecule has 2 aromatic rings. The van der Waals surface area contributed by atoms with Gasteiger partial charge in [-0.3, -0.25) is 4.79 Å². The maximum atomic E-state index is 12.5. The van der Waals surface area contributed by atoms with E-state index in [0.717, 1.165) is 42.9 Å². The molecular formula is C23H27NO4. The van der Waals surface area contributed by atoms with Crippen LogP contribution in [-0.2, 0) is 16.1 Å². The van der Waals surface area contributed by atoms with Gasteiger partial charge in [0.05, 0.1) is 5.56 Å². The van der Waals surface area contributed by atoms with Crippen molar-refractivity contribution in [2.75, 3.05) is 6.61 Å². The van der Waals surface area contributed by atoms with Gasteiger partial charge in [0.1, 0.15) is 12.4 Å². The Balaban J connectivity index is 1.50. The highest BCUT2D eigenvalue weighted by Crippen LogP contribution is 2.23. The standard InChI is InChI=1S/C23H27NO4/c1-17-11-13-19(14-12-17)24-22(25)16-28-23(26)21-10-6-5-7-18(21)15-27-20-8-3-2-4-9-20/h2-10,17,19H,11-16H2,1H3,(H,24,25). The number of hydrogen-bond acceptors (Lipinski definition) is 4. The summed E-state index contributed by atoms with van der Waals surface area (Å²) in [5.41, 5.74) is 1.13. The normalized spacial score (nSPS) is 18.9. The van der Waals surface area contributed by atoms with Crippen molar-refractivity contribution in [3.05, 3.63) is 65.7 Å². The first kappa shape index (κ1) is 19.9. The van der Waals surface area contributed by atoms with Crippen molar-refractivity contribution >= 4 is 11.9 Å². The highest BCUT2D eigenvalue weighted by molar-refractivity contribution is 5.92. The molecule has 1 aliphatic rings. The van der Waals surface area contributed by atoms with Crippen molar-refractivity contribution in [3.8, 4) is 5.75 Å². The molecule has 0 atom stereocenters. The number of esters is 1. The number of para-hydroxylation sites is 1. The first-order valence-electron chi connectivity index (χ1n) is 9.84. The van der Waals surface area contributed by atoms with Crippen LogP contribution in [0.2, 0.25) is 0 Å². The van der Waals surface area contributed by atoms with E-state index in [2.05, 4.69) is 12.2 Å². The molecule has 0 spiro atoms. The van der Waals surface area contributed by atoms with Crippen LogP contribution in [0.5, 0.6) is 5.75 Å². The number of benzene rings is 2. The Morgan fingerprint density at radius 3 is 2.39 bits per heavy atom. The van der Waals surface area contributed by atoms with Crippen LogP contribution in [-0.4, -0.2) is 24.5 Å². The first-order valence-corrected chi connectivity index (χ1v) is 9.84. The molecule has 1 aliphatic carbocycles. The Hall–Kier alpha value is -2.82. The zero-order chi connectivity index (χ0) is 19.8. The summed E-state index contributed by atoms with van der Waals surface area (Å²) >= 11 is 0. The van der Waals surface area contributed by atoms with Gasteiger partial charge in [0.25, 0.3) is 5.91 Å². The lowest BCUT2D eigenvalue weighted by atomic mass is 9.87. The number of hydrogen-bond donors (Lipinski definition) is 1. The van der Waals surface area contributed by atoms with Crippen LogP contribution in [0.25, 0.3) is 0 Å². The minimum atomic E-state index is -0.514. The first-order chi connectivity index (χ1) is 13.6. The summed E-state index contributed by atoms with van der Waals surface area (Å²) < 4.78 is 11.0. The maximum absolute atomic E-state index is 12.5. The van der Waals surface area contributed by atoms with Gasteiger partial charge >= 0.3 is 5.97 Å². The lowest BCUT2D eigenvalue weighted by molar-refractivity contribution is -0.125. The van der Waals surface area contributed by atoms with Crippen LogP contribution >= 0.6 is 0 Å². The third-order valence-electron chi connectivity index (χ3n) is 5.09. The van der Waals surface area contributed by atoms with Crippen molar-refractivity contribution in [1.82, 2.24) is 5.32 Å². The van der Waals surface area contributed by atoms with Crippen LogP contribution in [0.1, 0.15) is 48.5 Å². The van der Waals surface area contributed by atoms with Crippen molar-refractivity contribution in [2.24, 2.45) is 5.92 Å². The van der Waals surface area contributed by atoms with E-state index in [1.807, 2.05) is 42.5 Å². The molecule has 0 aliphatic heterocycles. The summed E-state index contributed by atoms with van der Waals surface area (Å²) in [6.45, 7) is 2.22. The minimum absolute atomic E-state index is 0.189. The number of nitrogens with one attached hydrogen (secondary N) is 1. The molecule has 5 nitrogen and oxygen atoms in total. The zero-order valence-corrected chi connectivity index (χ0v) is 16.2. The van der Waals surface area contributed by atoms with E-state index in [9.17, 15) is 9.59 Å². The molecule has 0 aromatic heterocycles. The fourth-order valence-electron chi connectivity index (χ4n) is 3.41. The summed E-state index contributed by atoms with van der Waals surface area (Å²) in [4.78, 5) is 24.6. The Morgan fingerprint density at radius 2 is 1.64 bits per heavy atom. The van der Waals surface area contributed by atoms with Gasteiger partial charge in [-0.15, -0.1) is 0 Å². The summed E-state index contributed by atoms with van der Waals surface area (Å²) in [5.74, 6) is 0.693. The second-order valence-electron chi connectivity index (χ2n) is 7.36. The minimum Gasteiger partial charge on any atom is -0.489 e. The number of carbonyl (C=O) groups is 2. The second kappa shape index (κ2) is 9.93. The van der Waals surface area contributed by atoms with Gasteiger partial charge in [-0.2, -0.15) is 0 Å². The lowest BCUT2D eigenvalue weighted by Gasteiger charge is -2.26. The summed E-state index contributed by atoms with van der Waals surface area (Å²) in [6, 6.07) is 16.7. The molecule has 0 heterocycles. The highest BCUT2D eigenvalue weighted by Gasteiger charge is 2.21. The van der Waals surface area contributed by atoms with E-state index in [1.54, 1.807) is 12.1 Å².